The minimum Gasteiger partial charge on any atom is -0.336 e. The summed E-state index contributed by atoms with van der Waals surface area (Å²) >= 11 is 0. The fourth-order valence-electron chi connectivity index (χ4n) is 3.40. The van der Waals surface area contributed by atoms with Gasteiger partial charge in [-0.05, 0) is 38.4 Å². The average Bonchev–Trinajstić information content (AvgIpc) is 2.92. The molecule has 0 radical (unpaired) electrons. The molecule has 2 N–H and O–H groups in total. The van der Waals surface area contributed by atoms with Crippen LogP contribution in [0.2, 0.25) is 0 Å². The average molecular weight is 323 g/mol. The lowest BCUT2D eigenvalue weighted by molar-refractivity contribution is 0.0567. The fraction of sp³-hybridized carbons (Fsp3) is 0.533. The van der Waals surface area contributed by atoms with Gasteiger partial charge < -0.3 is 4.90 Å². The van der Waals surface area contributed by atoms with E-state index in [4.69, 9.17) is 5.14 Å². The van der Waals surface area contributed by atoms with Crippen LogP contribution >= 0.6 is 0 Å². The number of primary sulfonamides is 1. The van der Waals surface area contributed by atoms with E-state index < -0.39 is 10.0 Å². The Labute approximate surface area is 130 Å². The lowest BCUT2D eigenvalue weighted by Gasteiger charge is -2.37. The molecule has 22 heavy (non-hydrogen) atoms. The first-order valence-electron chi connectivity index (χ1n) is 7.53. The third kappa shape index (κ3) is 2.88. The summed E-state index contributed by atoms with van der Waals surface area (Å²) in [4.78, 5) is 16.9. The molecule has 1 atom stereocenters. The van der Waals surface area contributed by atoms with Crippen molar-refractivity contribution in [3.63, 3.8) is 0 Å². The molecule has 0 bridgehead atoms. The summed E-state index contributed by atoms with van der Waals surface area (Å²) in [5, 5.41) is 5.25. The number of nitrogens with zero attached hydrogens (tertiary/aromatic N) is 2. The minimum atomic E-state index is -3.91. The number of hydrogen-bond donors (Lipinski definition) is 1. The second-order valence-electron chi connectivity index (χ2n) is 6.13. The highest BCUT2D eigenvalue weighted by atomic mass is 32.2. The third-order valence-corrected chi connectivity index (χ3v) is 5.52. The zero-order valence-corrected chi connectivity index (χ0v) is 13.5. The number of aryl methyl sites for hydroxylation is 1. The molecule has 0 spiro atoms. The molecule has 0 saturated carbocycles. The van der Waals surface area contributed by atoms with E-state index in [1.165, 1.54) is 12.5 Å². The Hall–Kier alpha value is -1.44. The van der Waals surface area contributed by atoms with Gasteiger partial charge in [0, 0.05) is 25.7 Å². The quantitative estimate of drug-likeness (QED) is 0.862. The van der Waals surface area contributed by atoms with Crippen molar-refractivity contribution in [3.8, 4) is 0 Å². The van der Waals surface area contributed by atoms with Crippen LogP contribution in [0.4, 0.5) is 0 Å². The second-order valence-corrected chi connectivity index (χ2v) is 7.66. The van der Waals surface area contributed by atoms with Crippen LogP contribution in [0.15, 0.2) is 23.1 Å². The van der Waals surface area contributed by atoms with E-state index in [1.807, 2.05) is 6.92 Å². The molecule has 2 fully saturated rings. The molecule has 2 saturated heterocycles. The van der Waals surface area contributed by atoms with Crippen molar-refractivity contribution >= 4 is 15.9 Å². The number of nitrogens with two attached hydrogens (primary N) is 1. The Morgan fingerprint density at radius 1 is 1.27 bits per heavy atom. The topological polar surface area (TPSA) is 83.7 Å². The molecule has 2 heterocycles. The maximum Gasteiger partial charge on any atom is 0.255 e. The second kappa shape index (κ2) is 5.64. The summed E-state index contributed by atoms with van der Waals surface area (Å²) in [7, 11) is -3.91. The summed E-state index contributed by atoms with van der Waals surface area (Å²) in [6, 6.07) is 5.10. The van der Waals surface area contributed by atoms with Gasteiger partial charge in [0.2, 0.25) is 10.0 Å². The van der Waals surface area contributed by atoms with Crippen molar-refractivity contribution < 1.29 is 13.2 Å². The number of carbonyl (C=O) groups is 1. The standard InChI is InChI=1S/C15H21N3O3S/c1-11-4-5-14(22(16,20)21)13(9-11)15(19)18-8-7-17-6-2-3-12(17)10-18/h4-5,9,12H,2-3,6-8,10H2,1H3,(H2,16,20,21). The van der Waals surface area contributed by atoms with Crippen molar-refractivity contribution in [2.24, 2.45) is 5.14 Å². The maximum atomic E-state index is 12.8. The van der Waals surface area contributed by atoms with Crippen molar-refractivity contribution in [1.29, 1.82) is 0 Å². The number of sulfonamides is 1. The van der Waals surface area contributed by atoms with E-state index in [2.05, 4.69) is 4.90 Å². The summed E-state index contributed by atoms with van der Waals surface area (Å²) < 4.78 is 23.5. The van der Waals surface area contributed by atoms with Gasteiger partial charge in [0.15, 0.2) is 0 Å². The maximum absolute atomic E-state index is 12.8. The first-order valence-corrected chi connectivity index (χ1v) is 9.07. The smallest absolute Gasteiger partial charge is 0.255 e. The van der Waals surface area contributed by atoms with E-state index in [1.54, 1.807) is 17.0 Å². The molecule has 1 aromatic carbocycles. The lowest BCUT2D eigenvalue weighted by Crippen LogP contribution is -2.52. The molecule has 6 nitrogen and oxygen atoms in total. The van der Waals surface area contributed by atoms with E-state index in [9.17, 15) is 13.2 Å². The molecular weight excluding hydrogens is 302 g/mol. The number of piperazine rings is 1. The normalized spacial score (nSPS) is 22.6. The highest BCUT2D eigenvalue weighted by Gasteiger charge is 2.34. The first kappa shape index (κ1) is 15.5. The Morgan fingerprint density at radius 2 is 2.05 bits per heavy atom. The number of hydrogen-bond acceptors (Lipinski definition) is 4. The van der Waals surface area contributed by atoms with Gasteiger partial charge in [-0.2, -0.15) is 0 Å². The summed E-state index contributed by atoms with van der Waals surface area (Å²) in [6.07, 6.45) is 2.26. The molecule has 120 valence electrons. The van der Waals surface area contributed by atoms with Crippen molar-refractivity contribution in [2.75, 3.05) is 26.2 Å². The Balaban J connectivity index is 1.90. The molecule has 0 aliphatic carbocycles. The SMILES string of the molecule is Cc1ccc(S(N)(=O)=O)c(C(=O)N2CCN3CCCC3C2)c1. The molecule has 1 amide bonds. The van der Waals surface area contributed by atoms with Crippen molar-refractivity contribution in [1.82, 2.24) is 9.80 Å². The fourth-order valence-corrected chi connectivity index (χ4v) is 4.12. The van der Waals surface area contributed by atoms with Crippen LogP contribution in [0, 0.1) is 6.92 Å². The summed E-state index contributed by atoms with van der Waals surface area (Å²) in [5.41, 5.74) is 1.03. The zero-order chi connectivity index (χ0) is 15.9. The molecule has 1 unspecified atom stereocenters. The van der Waals surface area contributed by atoms with Crippen LogP contribution in [-0.4, -0.2) is 56.3 Å². The van der Waals surface area contributed by atoms with Gasteiger partial charge in [-0.25, -0.2) is 13.6 Å². The Bertz CT molecular complexity index is 702. The van der Waals surface area contributed by atoms with Crippen LogP contribution in [0.5, 0.6) is 0 Å². The van der Waals surface area contributed by atoms with Crippen LogP contribution in [0.1, 0.15) is 28.8 Å². The highest BCUT2D eigenvalue weighted by Crippen LogP contribution is 2.24. The van der Waals surface area contributed by atoms with Crippen LogP contribution in [-0.2, 0) is 10.0 Å². The van der Waals surface area contributed by atoms with Gasteiger partial charge in [0.1, 0.15) is 0 Å². The third-order valence-electron chi connectivity index (χ3n) is 4.55. The number of fused-ring (bicyclic) bond motifs is 1. The van der Waals surface area contributed by atoms with Crippen molar-refractivity contribution in [3.05, 3.63) is 29.3 Å². The van der Waals surface area contributed by atoms with Crippen molar-refractivity contribution in [2.45, 2.75) is 30.7 Å². The number of carbonyl (C=O) groups excluding carboxylic acids is 1. The van der Waals surface area contributed by atoms with Crippen LogP contribution in [0.3, 0.4) is 0 Å². The first-order chi connectivity index (χ1) is 10.4. The molecule has 3 rings (SSSR count). The van der Waals surface area contributed by atoms with Crippen LogP contribution < -0.4 is 5.14 Å². The zero-order valence-electron chi connectivity index (χ0n) is 12.7. The van der Waals surface area contributed by atoms with E-state index in [0.29, 0.717) is 19.1 Å². The van der Waals surface area contributed by atoms with E-state index in [0.717, 1.165) is 25.1 Å². The molecular formula is C15H21N3O3S. The molecule has 7 heteroatoms. The molecule has 2 aliphatic rings. The predicted molar refractivity (Wildman–Crippen MR) is 83.1 cm³/mol. The van der Waals surface area contributed by atoms with Gasteiger partial charge in [-0.1, -0.05) is 11.6 Å². The van der Waals surface area contributed by atoms with Gasteiger partial charge in [-0.15, -0.1) is 0 Å². The molecule has 0 aromatic heterocycles. The monoisotopic (exact) mass is 323 g/mol. The minimum absolute atomic E-state index is 0.0862. The molecule has 1 aromatic rings. The Kier molecular flexibility index (Phi) is 3.96. The summed E-state index contributed by atoms with van der Waals surface area (Å²) in [5.74, 6) is -0.237. The van der Waals surface area contributed by atoms with Gasteiger partial charge in [0.05, 0.1) is 10.5 Å². The van der Waals surface area contributed by atoms with Gasteiger partial charge >= 0.3 is 0 Å². The number of amides is 1. The molecule has 2 aliphatic heterocycles. The number of rotatable bonds is 2. The summed E-state index contributed by atoms with van der Waals surface area (Å²) in [6.45, 7) is 5.08. The van der Waals surface area contributed by atoms with Gasteiger partial charge in [0.25, 0.3) is 5.91 Å². The van der Waals surface area contributed by atoms with E-state index in [-0.39, 0.29) is 16.4 Å². The lowest BCUT2D eigenvalue weighted by atomic mass is 10.1. The van der Waals surface area contributed by atoms with Crippen LogP contribution in [0.25, 0.3) is 0 Å². The van der Waals surface area contributed by atoms with Gasteiger partial charge in [-0.3, -0.25) is 9.69 Å². The number of benzene rings is 1. The Morgan fingerprint density at radius 3 is 2.77 bits per heavy atom. The predicted octanol–water partition coefficient (Wildman–Crippen LogP) is 0.563. The van der Waals surface area contributed by atoms with E-state index >= 15 is 0 Å². The largest absolute Gasteiger partial charge is 0.336 e. The highest BCUT2D eigenvalue weighted by molar-refractivity contribution is 7.89.